The Kier molecular flexibility index (Phi) is 4.48. The summed E-state index contributed by atoms with van der Waals surface area (Å²) >= 11 is 5.92. The van der Waals surface area contributed by atoms with Crippen molar-refractivity contribution in [2.75, 3.05) is 19.2 Å². The van der Waals surface area contributed by atoms with E-state index in [4.69, 9.17) is 16.3 Å². The second-order valence-corrected chi connectivity index (χ2v) is 4.56. The van der Waals surface area contributed by atoms with Gasteiger partial charge in [0, 0.05) is 7.05 Å². The van der Waals surface area contributed by atoms with E-state index in [9.17, 15) is 5.11 Å². The van der Waals surface area contributed by atoms with Crippen LogP contribution in [-0.4, -0.2) is 25.5 Å². The van der Waals surface area contributed by atoms with Gasteiger partial charge >= 0.3 is 0 Å². The van der Waals surface area contributed by atoms with Crippen molar-refractivity contribution in [2.24, 2.45) is 5.10 Å². The molecule has 0 aliphatic carbocycles. The Balaban J connectivity index is 2.21. The standard InChI is InChI=1S/C15H15ClN2O2/c1-18(12-6-4-3-5-7-12)17-10-11-8-13(16)15(19)14(9-11)20-2/h3-10,19H,1-2H3/b17-10-. The summed E-state index contributed by atoms with van der Waals surface area (Å²) in [6, 6.07) is 13.1. The van der Waals surface area contributed by atoms with Gasteiger partial charge in [0.25, 0.3) is 0 Å². The number of rotatable bonds is 4. The lowest BCUT2D eigenvalue weighted by Crippen LogP contribution is -2.08. The summed E-state index contributed by atoms with van der Waals surface area (Å²) in [6.07, 6.45) is 1.65. The minimum Gasteiger partial charge on any atom is -0.503 e. The number of methoxy groups -OCH3 is 1. The Morgan fingerprint density at radius 3 is 2.60 bits per heavy atom. The van der Waals surface area contributed by atoms with Crippen LogP contribution in [0.5, 0.6) is 11.5 Å². The van der Waals surface area contributed by atoms with E-state index >= 15 is 0 Å². The third-order valence-electron chi connectivity index (χ3n) is 2.78. The number of para-hydroxylation sites is 1. The van der Waals surface area contributed by atoms with Crippen molar-refractivity contribution in [3.63, 3.8) is 0 Å². The first-order chi connectivity index (χ1) is 9.61. The van der Waals surface area contributed by atoms with Crippen molar-refractivity contribution in [2.45, 2.75) is 0 Å². The van der Waals surface area contributed by atoms with Crippen LogP contribution in [0.25, 0.3) is 0 Å². The summed E-state index contributed by atoms with van der Waals surface area (Å²) in [4.78, 5) is 0. The molecule has 5 heteroatoms. The van der Waals surface area contributed by atoms with Gasteiger partial charge in [-0.1, -0.05) is 29.8 Å². The number of hydrogen-bond acceptors (Lipinski definition) is 4. The highest BCUT2D eigenvalue weighted by atomic mass is 35.5. The molecule has 2 aromatic carbocycles. The monoisotopic (exact) mass is 290 g/mol. The van der Waals surface area contributed by atoms with Crippen molar-refractivity contribution in [1.82, 2.24) is 0 Å². The van der Waals surface area contributed by atoms with E-state index in [2.05, 4.69) is 5.10 Å². The Bertz CT molecular complexity index is 615. The Morgan fingerprint density at radius 2 is 1.95 bits per heavy atom. The molecule has 0 bridgehead atoms. The largest absolute Gasteiger partial charge is 0.503 e. The first kappa shape index (κ1) is 14.2. The molecule has 2 rings (SSSR count). The Morgan fingerprint density at radius 1 is 1.25 bits per heavy atom. The third-order valence-corrected chi connectivity index (χ3v) is 3.07. The van der Waals surface area contributed by atoms with Gasteiger partial charge in [-0.3, -0.25) is 5.01 Å². The third kappa shape index (κ3) is 3.22. The number of anilines is 1. The van der Waals surface area contributed by atoms with E-state index < -0.39 is 0 Å². The van der Waals surface area contributed by atoms with Gasteiger partial charge in [0.1, 0.15) is 0 Å². The van der Waals surface area contributed by atoms with Gasteiger partial charge in [-0.15, -0.1) is 0 Å². The summed E-state index contributed by atoms with van der Waals surface area (Å²) in [6.45, 7) is 0. The highest BCUT2D eigenvalue weighted by Gasteiger charge is 2.08. The number of phenolic OH excluding ortho intramolecular Hbond substituents is 1. The molecule has 20 heavy (non-hydrogen) atoms. The van der Waals surface area contributed by atoms with E-state index in [0.717, 1.165) is 11.3 Å². The first-order valence-electron chi connectivity index (χ1n) is 6.01. The summed E-state index contributed by atoms with van der Waals surface area (Å²) in [5.74, 6) is 0.254. The van der Waals surface area contributed by atoms with Gasteiger partial charge in [0.15, 0.2) is 11.5 Å². The van der Waals surface area contributed by atoms with Gasteiger partial charge in [-0.2, -0.15) is 5.10 Å². The predicted octanol–water partition coefficient (Wildman–Crippen LogP) is 3.52. The normalized spacial score (nSPS) is 10.8. The molecule has 0 saturated heterocycles. The van der Waals surface area contributed by atoms with Crippen molar-refractivity contribution in [1.29, 1.82) is 0 Å². The molecule has 2 aromatic rings. The molecule has 0 aliphatic rings. The van der Waals surface area contributed by atoms with Crippen LogP contribution in [0.3, 0.4) is 0 Å². The van der Waals surface area contributed by atoms with E-state index in [1.807, 2.05) is 37.4 Å². The van der Waals surface area contributed by atoms with Gasteiger partial charge in [0.2, 0.25) is 0 Å². The molecule has 0 amide bonds. The minimum absolute atomic E-state index is 0.0669. The highest BCUT2D eigenvalue weighted by Crippen LogP contribution is 2.34. The number of nitrogens with zero attached hydrogens (tertiary/aromatic N) is 2. The molecule has 0 aromatic heterocycles. The lowest BCUT2D eigenvalue weighted by Gasteiger charge is -2.12. The maximum absolute atomic E-state index is 9.67. The molecular formula is C15H15ClN2O2. The van der Waals surface area contributed by atoms with E-state index in [0.29, 0.717) is 5.75 Å². The number of halogens is 1. The fourth-order valence-electron chi connectivity index (χ4n) is 1.69. The number of aromatic hydroxyl groups is 1. The van der Waals surface area contributed by atoms with Gasteiger partial charge in [-0.25, -0.2) is 0 Å². The zero-order chi connectivity index (χ0) is 14.5. The number of hydrazone groups is 1. The van der Waals surface area contributed by atoms with Crippen molar-refractivity contribution in [3.05, 3.63) is 53.1 Å². The summed E-state index contributed by atoms with van der Waals surface area (Å²) in [7, 11) is 3.33. The van der Waals surface area contributed by atoms with Gasteiger partial charge in [-0.05, 0) is 29.8 Å². The van der Waals surface area contributed by atoms with E-state index in [1.54, 1.807) is 23.4 Å². The molecule has 0 saturated carbocycles. The lowest BCUT2D eigenvalue weighted by molar-refractivity contribution is 0.373. The molecule has 104 valence electrons. The number of benzene rings is 2. The zero-order valence-corrected chi connectivity index (χ0v) is 12.0. The molecule has 0 radical (unpaired) electrons. The predicted molar refractivity (Wildman–Crippen MR) is 82.1 cm³/mol. The SMILES string of the molecule is COc1cc(/C=N\N(C)c2ccccc2)cc(Cl)c1O. The Hall–Kier alpha value is -2.20. The van der Waals surface area contributed by atoms with Crippen LogP contribution in [0.1, 0.15) is 5.56 Å². The second kappa shape index (κ2) is 6.30. The van der Waals surface area contributed by atoms with Crippen LogP contribution in [-0.2, 0) is 0 Å². The number of ether oxygens (including phenoxy) is 1. The molecular weight excluding hydrogens is 276 g/mol. The average molecular weight is 291 g/mol. The first-order valence-corrected chi connectivity index (χ1v) is 6.39. The highest BCUT2D eigenvalue weighted by molar-refractivity contribution is 6.32. The van der Waals surface area contributed by atoms with Crippen LogP contribution in [0.4, 0.5) is 5.69 Å². The van der Waals surface area contributed by atoms with Crippen LogP contribution in [0.15, 0.2) is 47.6 Å². The molecule has 0 spiro atoms. The van der Waals surface area contributed by atoms with Crippen molar-refractivity contribution < 1.29 is 9.84 Å². The topological polar surface area (TPSA) is 45.1 Å². The van der Waals surface area contributed by atoms with Gasteiger partial charge < -0.3 is 9.84 Å². The Labute approximate surface area is 122 Å². The smallest absolute Gasteiger partial charge is 0.176 e. The number of hydrogen-bond donors (Lipinski definition) is 1. The number of phenols is 1. The van der Waals surface area contributed by atoms with Crippen molar-refractivity contribution >= 4 is 23.5 Å². The molecule has 0 aliphatic heterocycles. The lowest BCUT2D eigenvalue weighted by atomic mass is 10.2. The maximum atomic E-state index is 9.67. The summed E-state index contributed by atoms with van der Waals surface area (Å²) in [5.41, 5.74) is 1.72. The van der Waals surface area contributed by atoms with Crippen molar-refractivity contribution in [3.8, 4) is 11.5 Å². The molecule has 0 heterocycles. The van der Waals surface area contributed by atoms with Gasteiger partial charge in [0.05, 0.1) is 24.0 Å². The van der Waals surface area contributed by atoms with Crippen LogP contribution < -0.4 is 9.75 Å². The maximum Gasteiger partial charge on any atom is 0.176 e. The molecule has 0 unspecified atom stereocenters. The molecule has 4 nitrogen and oxygen atoms in total. The van der Waals surface area contributed by atoms with Crippen LogP contribution in [0, 0.1) is 0 Å². The fraction of sp³-hybridized carbons (Fsp3) is 0.133. The average Bonchev–Trinajstić information content (AvgIpc) is 2.48. The van der Waals surface area contributed by atoms with E-state index in [1.165, 1.54) is 7.11 Å². The minimum atomic E-state index is -0.0669. The van der Waals surface area contributed by atoms with E-state index in [-0.39, 0.29) is 10.8 Å². The zero-order valence-electron chi connectivity index (χ0n) is 11.2. The summed E-state index contributed by atoms with van der Waals surface area (Å²) in [5, 5.41) is 16.0. The van der Waals surface area contributed by atoms with Crippen LogP contribution >= 0.6 is 11.6 Å². The second-order valence-electron chi connectivity index (χ2n) is 4.16. The quantitative estimate of drug-likeness (QED) is 0.692. The summed E-state index contributed by atoms with van der Waals surface area (Å²) < 4.78 is 5.05. The molecule has 0 fully saturated rings. The molecule has 1 N–H and O–H groups in total. The van der Waals surface area contributed by atoms with Crippen LogP contribution in [0.2, 0.25) is 5.02 Å². The fourth-order valence-corrected chi connectivity index (χ4v) is 1.91. The molecule has 0 atom stereocenters.